The lowest BCUT2D eigenvalue weighted by Crippen LogP contribution is -2.20. The fraction of sp³-hybridized carbons (Fsp3) is 0. The second-order valence-corrected chi connectivity index (χ2v) is 7.82. The summed E-state index contributed by atoms with van der Waals surface area (Å²) < 4.78 is 32.2. The summed E-state index contributed by atoms with van der Waals surface area (Å²) in [4.78, 5) is 32.2. The molecule has 150 valence electrons. The molecule has 0 aliphatic heterocycles. The van der Waals surface area contributed by atoms with Crippen molar-refractivity contribution in [1.29, 1.82) is 0 Å². The molecule has 0 unspecified atom stereocenters. The second kappa shape index (κ2) is 7.76. The largest absolute Gasteiger partial charge is 0.422 e. The molecule has 10 heteroatoms. The van der Waals surface area contributed by atoms with Gasteiger partial charge in [-0.3, -0.25) is 4.79 Å². The van der Waals surface area contributed by atoms with E-state index < -0.39 is 21.6 Å². The Balaban J connectivity index is 1.53. The van der Waals surface area contributed by atoms with Crippen LogP contribution in [0.25, 0.3) is 11.0 Å². The topological polar surface area (TPSA) is 131 Å². The summed E-state index contributed by atoms with van der Waals surface area (Å²) in [6.45, 7) is 0. The van der Waals surface area contributed by atoms with Crippen molar-refractivity contribution in [2.45, 2.75) is 4.90 Å². The SMILES string of the molecule is O=C(Nc1ccc(S(=O)(=O)Nc2ncccn2)cc1)c1cc2ccccc2oc1=O. The summed E-state index contributed by atoms with van der Waals surface area (Å²) in [6, 6.07) is 15.3. The number of fused-ring (bicyclic) bond motifs is 1. The molecule has 0 bridgehead atoms. The van der Waals surface area contributed by atoms with Gasteiger partial charge in [0, 0.05) is 23.5 Å². The molecular formula is C20H14N4O5S. The van der Waals surface area contributed by atoms with E-state index in [1.807, 2.05) is 0 Å². The molecule has 0 atom stereocenters. The van der Waals surface area contributed by atoms with Crippen LogP contribution in [0.3, 0.4) is 0 Å². The first-order chi connectivity index (χ1) is 14.4. The minimum atomic E-state index is -3.89. The molecule has 4 rings (SSSR count). The molecule has 0 radical (unpaired) electrons. The number of sulfonamides is 1. The molecule has 0 aliphatic rings. The number of hydrogen-bond acceptors (Lipinski definition) is 7. The maximum Gasteiger partial charge on any atom is 0.349 e. The predicted molar refractivity (Wildman–Crippen MR) is 110 cm³/mol. The van der Waals surface area contributed by atoms with Crippen LogP contribution in [0.2, 0.25) is 0 Å². The van der Waals surface area contributed by atoms with Crippen LogP contribution < -0.4 is 15.7 Å². The van der Waals surface area contributed by atoms with E-state index in [1.165, 1.54) is 42.7 Å². The Kier molecular flexibility index (Phi) is 4.98. The number of carbonyl (C=O) groups excluding carboxylic acids is 1. The molecule has 2 heterocycles. The van der Waals surface area contributed by atoms with Crippen LogP contribution >= 0.6 is 0 Å². The summed E-state index contributed by atoms with van der Waals surface area (Å²) >= 11 is 0. The third kappa shape index (κ3) is 4.03. The number of para-hydroxylation sites is 1. The van der Waals surface area contributed by atoms with Crippen LogP contribution in [-0.2, 0) is 10.0 Å². The predicted octanol–water partition coefficient (Wildman–Crippen LogP) is 2.64. The molecule has 2 N–H and O–H groups in total. The summed E-state index contributed by atoms with van der Waals surface area (Å²) in [5, 5.41) is 3.16. The molecule has 2 aromatic carbocycles. The molecule has 30 heavy (non-hydrogen) atoms. The maximum absolute atomic E-state index is 12.5. The molecular weight excluding hydrogens is 408 g/mol. The molecule has 0 saturated carbocycles. The van der Waals surface area contributed by atoms with Gasteiger partial charge in [-0.15, -0.1) is 0 Å². The van der Waals surface area contributed by atoms with Gasteiger partial charge in [0.25, 0.3) is 15.9 Å². The monoisotopic (exact) mass is 422 g/mol. The molecule has 0 saturated heterocycles. The van der Waals surface area contributed by atoms with Crippen molar-refractivity contribution in [3.8, 4) is 0 Å². The van der Waals surface area contributed by atoms with Gasteiger partial charge in [0.1, 0.15) is 11.1 Å². The number of amides is 1. The smallest absolute Gasteiger partial charge is 0.349 e. The Morgan fingerprint density at radius 2 is 1.63 bits per heavy atom. The van der Waals surface area contributed by atoms with Gasteiger partial charge >= 0.3 is 5.63 Å². The Morgan fingerprint density at radius 3 is 2.37 bits per heavy atom. The normalized spacial score (nSPS) is 11.2. The van der Waals surface area contributed by atoms with Crippen LogP contribution in [0.5, 0.6) is 0 Å². The van der Waals surface area contributed by atoms with Crippen molar-refractivity contribution >= 4 is 38.5 Å². The molecule has 0 spiro atoms. The summed E-state index contributed by atoms with van der Waals surface area (Å²) in [7, 11) is -3.89. The number of nitrogens with one attached hydrogen (secondary N) is 2. The molecule has 2 aromatic heterocycles. The number of nitrogens with zero attached hydrogens (tertiary/aromatic N) is 2. The van der Waals surface area contributed by atoms with Crippen LogP contribution in [0.1, 0.15) is 10.4 Å². The van der Waals surface area contributed by atoms with Gasteiger partial charge in [0.2, 0.25) is 5.95 Å². The van der Waals surface area contributed by atoms with Crippen LogP contribution in [0.4, 0.5) is 11.6 Å². The van der Waals surface area contributed by atoms with Crippen molar-refractivity contribution in [3.05, 3.63) is 89.0 Å². The van der Waals surface area contributed by atoms with Crippen molar-refractivity contribution in [3.63, 3.8) is 0 Å². The van der Waals surface area contributed by atoms with Crippen molar-refractivity contribution in [2.24, 2.45) is 0 Å². The number of hydrogen-bond donors (Lipinski definition) is 2. The van der Waals surface area contributed by atoms with E-state index in [0.29, 0.717) is 16.7 Å². The Bertz CT molecular complexity index is 1380. The molecule has 0 aliphatic carbocycles. The standard InChI is InChI=1S/C20H14N4O5S/c25-18(16-12-13-4-1-2-5-17(13)29-19(16)26)23-14-6-8-15(9-7-14)30(27,28)24-20-21-10-3-11-22-20/h1-12H,(H,23,25)(H,21,22,24). The quantitative estimate of drug-likeness (QED) is 0.473. The summed E-state index contributed by atoms with van der Waals surface area (Å²) in [6.07, 6.45) is 2.82. The molecule has 4 aromatic rings. The van der Waals surface area contributed by atoms with Crippen LogP contribution in [0, 0.1) is 0 Å². The minimum Gasteiger partial charge on any atom is -0.422 e. The molecule has 0 fully saturated rings. The first-order valence-electron chi connectivity index (χ1n) is 8.66. The third-order valence-corrected chi connectivity index (χ3v) is 5.44. The second-order valence-electron chi connectivity index (χ2n) is 6.14. The highest BCUT2D eigenvalue weighted by Gasteiger charge is 2.17. The lowest BCUT2D eigenvalue weighted by molar-refractivity contribution is 0.102. The van der Waals surface area contributed by atoms with E-state index in [1.54, 1.807) is 30.3 Å². The molecule has 1 amide bonds. The van der Waals surface area contributed by atoms with Crippen LogP contribution in [0.15, 0.2) is 87.2 Å². The number of benzene rings is 2. The number of rotatable bonds is 5. The highest BCUT2D eigenvalue weighted by molar-refractivity contribution is 7.92. The van der Waals surface area contributed by atoms with Crippen molar-refractivity contribution < 1.29 is 17.6 Å². The third-order valence-electron chi connectivity index (χ3n) is 4.10. The Hall–Kier alpha value is -4.05. The first kappa shape index (κ1) is 19.3. The van der Waals surface area contributed by atoms with Gasteiger partial charge in [0.15, 0.2) is 0 Å². The van der Waals surface area contributed by atoms with E-state index in [0.717, 1.165) is 0 Å². The zero-order valence-corrected chi connectivity index (χ0v) is 16.1. The van der Waals surface area contributed by atoms with Gasteiger partial charge in [-0.1, -0.05) is 18.2 Å². The number of aromatic nitrogens is 2. The average molecular weight is 422 g/mol. The highest BCUT2D eigenvalue weighted by atomic mass is 32.2. The zero-order valence-electron chi connectivity index (χ0n) is 15.3. The Labute approximate surface area is 170 Å². The zero-order chi connectivity index (χ0) is 21.1. The van der Waals surface area contributed by atoms with E-state index in [4.69, 9.17) is 4.42 Å². The average Bonchev–Trinajstić information content (AvgIpc) is 2.74. The maximum atomic E-state index is 12.5. The van der Waals surface area contributed by atoms with Crippen LogP contribution in [-0.4, -0.2) is 24.3 Å². The van der Waals surface area contributed by atoms with E-state index >= 15 is 0 Å². The van der Waals surface area contributed by atoms with Gasteiger partial charge < -0.3 is 9.73 Å². The van der Waals surface area contributed by atoms with Crippen molar-refractivity contribution in [2.75, 3.05) is 10.0 Å². The van der Waals surface area contributed by atoms with Gasteiger partial charge in [-0.05, 0) is 42.5 Å². The Morgan fingerprint density at radius 1 is 0.933 bits per heavy atom. The number of anilines is 2. The van der Waals surface area contributed by atoms with E-state index in [2.05, 4.69) is 20.0 Å². The van der Waals surface area contributed by atoms with Gasteiger partial charge in [-0.25, -0.2) is 27.9 Å². The fourth-order valence-electron chi connectivity index (χ4n) is 2.67. The lowest BCUT2D eigenvalue weighted by atomic mass is 10.1. The first-order valence-corrected chi connectivity index (χ1v) is 10.1. The fourth-order valence-corrected chi connectivity index (χ4v) is 3.62. The summed E-state index contributed by atoms with van der Waals surface area (Å²) in [5.74, 6) is -0.723. The van der Waals surface area contributed by atoms with E-state index in [-0.39, 0.29) is 16.4 Å². The van der Waals surface area contributed by atoms with E-state index in [9.17, 15) is 18.0 Å². The highest BCUT2D eigenvalue weighted by Crippen LogP contribution is 2.18. The lowest BCUT2D eigenvalue weighted by Gasteiger charge is -2.08. The van der Waals surface area contributed by atoms with Gasteiger partial charge in [0.05, 0.1) is 4.90 Å². The summed E-state index contributed by atoms with van der Waals surface area (Å²) in [5.41, 5.74) is -0.239. The molecule has 9 nitrogen and oxygen atoms in total. The van der Waals surface area contributed by atoms with Crippen molar-refractivity contribution in [1.82, 2.24) is 9.97 Å². The number of carbonyl (C=O) groups is 1. The minimum absolute atomic E-state index is 0.0434. The van der Waals surface area contributed by atoms with Gasteiger partial charge in [-0.2, -0.15) is 0 Å².